The number of nitrogens with zero attached hydrogens (tertiary/aromatic N) is 1. The Bertz CT molecular complexity index is 594. The van der Waals surface area contributed by atoms with Crippen LogP contribution < -0.4 is 15.5 Å². The van der Waals surface area contributed by atoms with Gasteiger partial charge in [0.25, 0.3) is 0 Å². The monoisotopic (exact) mass is 331 g/mol. The Hall–Kier alpha value is -2.08. The number of nitrogens with one attached hydrogen (secondary N) is 2. The quantitative estimate of drug-likeness (QED) is 0.871. The normalized spacial score (nSPS) is 19.5. The Labute approximate surface area is 142 Å². The van der Waals surface area contributed by atoms with E-state index in [9.17, 15) is 9.59 Å². The van der Waals surface area contributed by atoms with Crippen LogP contribution in [0, 0.1) is 0 Å². The van der Waals surface area contributed by atoms with Crippen molar-refractivity contribution < 1.29 is 14.3 Å². The largest absolute Gasteiger partial charge is 0.382 e. The van der Waals surface area contributed by atoms with Crippen molar-refractivity contribution >= 4 is 23.3 Å². The van der Waals surface area contributed by atoms with Gasteiger partial charge in [-0.15, -0.1) is 0 Å². The smallest absolute Gasteiger partial charge is 0.319 e. The highest BCUT2D eigenvalue weighted by molar-refractivity contribution is 5.96. The van der Waals surface area contributed by atoms with E-state index in [4.69, 9.17) is 4.74 Å². The highest BCUT2D eigenvalue weighted by Crippen LogP contribution is 2.30. The molecule has 6 heteroatoms. The van der Waals surface area contributed by atoms with Gasteiger partial charge in [-0.1, -0.05) is 12.8 Å². The van der Waals surface area contributed by atoms with Gasteiger partial charge < -0.3 is 20.3 Å². The molecule has 6 nitrogen and oxygen atoms in total. The number of rotatable bonds is 5. The molecule has 1 saturated heterocycles. The van der Waals surface area contributed by atoms with E-state index in [0.717, 1.165) is 44.3 Å². The minimum Gasteiger partial charge on any atom is -0.382 e. The fraction of sp³-hybridized carbons (Fsp3) is 0.556. The van der Waals surface area contributed by atoms with E-state index in [1.807, 2.05) is 24.3 Å². The van der Waals surface area contributed by atoms with Crippen LogP contribution in [0.25, 0.3) is 0 Å². The third-order valence-corrected chi connectivity index (χ3v) is 4.87. The lowest BCUT2D eigenvalue weighted by atomic mass is 9.99. The number of urea groups is 1. The van der Waals surface area contributed by atoms with Crippen molar-refractivity contribution in [2.24, 2.45) is 0 Å². The second kappa shape index (κ2) is 7.21. The first-order valence-electron chi connectivity index (χ1n) is 8.60. The van der Waals surface area contributed by atoms with Crippen molar-refractivity contribution in [2.75, 3.05) is 30.5 Å². The van der Waals surface area contributed by atoms with Crippen LogP contribution in [0.4, 0.5) is 16.2 Å². The first kappa shape index (κ1) is 16.8. The van der Waals surface area contributed by atoms with Gasteiger partial charge in [-0.25, -0.2) is 4.79 Å². The lowest BCUT2D eigenvalue weighted by Crippen LogP contribution is -2.51. The third-order valence-electron chi connectivity index (χ3n) is 4.87. The zero-order valence-corrected chi connectivity index (χ0v) is 14.1. The fourth-order valence-corrected chi connectivity index (χ4v) is 3.68. The summed E-state index contributed by atoms with van der Waals surface area (Å²) in [7, 11) is 1.66. The molecule has 130 valence electrons. The minimum atomic E-state index is -0.249. The van der Waals surface area contributed by atoms with Crippen LogP contribution in [-0.4, -0.2) is 37.7 Å². The SMILES string of the molecule is COCC1(NC(=O)Nc2ccc(N3CCCC3=O)cc2)CCCC1. The second-order valence-corrected chi connectivity index (χ2v) is 6.70. The van der Waals surface area contributed by atoms with Crippen LogP contribution in [0.3, 0.4) is 0 Å². The molecule has 0 atom stereocenters. The summed E-state index contributed by atoms with van der Waals surface area (Å²) in [5, 5.41) is 5.95. The zero-order chi connectivity index (χ0) is 17.0. The maximum absolute atomic E-state index is 12.3. The van der Waals surface area contributed by atoms with Crippen molar-refractivity contribution in [1.82, 2.24) is 5.32 Å². The summed E-state index contributed by atoms with van der Waals surface area (Å²) in [5.41, 5.74) is 1.35. The Morgan fingerprint density at radius 1 is 1.21 bits per heavy atom. The summed E-state index contributed by atoms with van der Waals surface area (Å²) in [6, 6.07) is 7.20. The van der Waals surface area contributed by atoms with Gasteiger partial charge in [0.2, 0.25) is 5.91 Å². The predicted octanol–water partition coefficient (Wildman–Crippen LogP) is 2.89. The van der Waals surface area contributed by atoms with E-state index in [0.29, 0.717) is 18.7 Å². The molecule has 3 amide bonds. The molecule has 1 aliphatic carbocycles. The number of carbonyl (C=O) groups is 2. The molecule has 1 aliphatic heterocycles. The highest BCUT2D eigenvalue weighted by Gasteiger charge is 2.35. The molecule has 2 fully saturated rings. The van der Waals surface area contributed by atoms with Crippen LogP contribution in [0.15, 0.2) is 24.3 Å². The van der Waals surface area contributed by atoms with Gasteiger partial charge in [-0.05, 0) is 43.5 Å². The summed E-state index contributed by atoms with van der Waals surface area (Å²) < 4.78 is 5.28. The summed E-state index contributed by atoms with van der Waals surface area (Å²) in [6.07, 6.45) is 5.64. The van der Waals surface area contributed by atoms with Crippen LogP contribution in [0.5, 0.6) is 0 Å². The molecule has 2 N–H and O–H groups in total. The molecule has 0 aromatic heterocycles. The third kappa shape index (κ3) is 3.70. The number of amides is 3. The molecule has 0 spiro atoms. The highest BCUT2D eigenvalue weighted by atomic mass is 16.5. The molecular weight excluding hydrogens is 306 g/mol. The maximum Gasteiger partial charge on any atom is 0.319 e. The molecule has 0 bridgehead atoms. The molecule has 1 aromatic rings. The summed E-state index contributed by atoms with van der Waals surface area (Å²) in [6.45, 7) is 1.31. The predicted molar refractivity (Wildman–Crippen MR) is 93.3 cm³/mol. The molecule has 24 heavy (non-hydrogen) atoms. The number of hydrogen-bond acceptors (Lipinski definition) is 3. The van der Waals surface area contributed by atoms with E-state index >= 15 is 0 Å². The van der Waals surface area contributed by atoms with Crippen LogP contribution in [0.2, 0.25) is 0 Å². The molecule has 2 aliphatic rings. The Morgan fingerprint density at radius 3 is 2.50 bits per heavy atom. The van der Waals surface area contributed by atoms with Crippen molar-refractivity contribution in [3.8, 4) is 0 Å². The maximum atomic E-state index is 12.3. The van der Waals surface area contributed by atoms with Gasteiger partial charge in [0, 0.05) is 31.5 Å². The number of methoxy groups -OCH3 is 1. The Balaban J connectivity index is 1.59. The summed E-state index contributed by atoms with van der Waals surface area (Å²) >= 11 is 0. The van der Waals surface area contributed by atoms with Gasteiger partial charge in [0.05, 0.1) is 12.1 Å². The van der Waals surface area contributed by atoms with Gasteiger partial charge in [0.1, 0.15) is 0 Å². The van der Waals surface area contributed by atoms with Crippen LogP contribution >= 0.6 is 0 Å². The second-order valence-electron chi connectivity index (χ2n) is 6.70. The van der Waals surface area contributed by atoms with Crippen molar-refractivity contribution in [1.29, 1.82) is 0 Å². The summed E-state index contributed by atoms with van der Waals surface area (Å²) in [5.74, 6) is 0.163. The molecule has 1 saturated carbocycles. The number of ether oxygens (including phenoxy) is 1. The molecule has 0 unspecified atom stereocenters. The van der Waals surface area contributed by atoms with E-state index < -0.39 is 0 Å². The fourth-order valence-electron chi connectivity index (χ4n) is 3.68. The summed E-state index contributed by atoms with van der Waals surface area (Å²) in [4.78, 5) is 25.8. The lowest BCUT2D eigenvalue weighted by Gasteiger charge is -2.29. The molecule has 0 radical (unpaired) electrons. The number of hydrogen-bond donors (Lipinski definition) is 2. The Morgan fingerprint density at radius 2 is 1.92 bits per heavy atom. The van der Waals surface area contributed by atoms with E-state index in [1.54, 1.807) is 12.0 Å². The van der Waals surface area contributed by atoms with Crippen LogP contribution in [-0.2, 0) is 9.53 Å². The molecular formula is C18H25N3O3. The van der Waals surface area contributed by atoms with Gasteiger partial charge in [0.15, 0.2) is 0 Å². The van der Waals surface area contributed by atoms with Crippen molar-refractivity contribution in [3.63, 3.8) is 0 Å². The topological polar surface area (TPSA) is 70.7 Å². The first-order valence-corrected chi connectivity index (χ1v) is 8.60. The van der Waals surface area contributed by atoms with Crippen molar-refractivity contribution in [3.05, 3.63) is 24.3 Å². The molecule has 3 rings (SSSR count). The standard InChI is InChI=1S/C18H25N3O3/c1-24-13-18(10-2-3-11-18)20-17(23)19-14-6-8-15(9-7-14)21-12-4-5-16(21)22/h6-9H,2-5,10-13H2,1H3,(H2,19,20,23). The number of benzene rings is 1. The van der Waals surface area contributed by atoms with Gasteiger partial charge in [-0.2, -0.15) is 0 Å². The molecule has 1 heterocycles. The number of anilines is 2. The average Bonchev–Trinajstić information content (AvgIpc) is 3.18. The minimum absolute atomic E-state index is 0.163. The van der Waals surface area contributed by atoms with E-state index in [1.165, 1.54) is 0 Å². The van der Waals surface area contributed by atoms with Crippen molar-refractivity contribution in [2.45, 2.75) is 44.1 Å². The first-order chi connectivity index (χ1) is 11.6. The Kier molecular flexibility index (Phi) is 5.04. The average molecular weight is 331 g/mol. The number of carbonyl (C=O) groups excluding carboxylic acids is 2. The zero-order valence-electron chi connectivity index (χ0n) is 14.1. The molecule has 1 aromatic carbocycles. The van der Waals surface area contributed by atoms with Gasteiger partial charge in [-0.3, -0.25) is 4.79 Å². The van der Waals surface area contributed by atoms with Gasteiger partial charge >= 0.3 is 6.03 Å². The van der Waals surface area contributed by atoms with Crippen LogP contribution in [0.1, 0.15) is 38.5 Å². The lowest BCUT2D eigenvalue weighted by molar-refractivity contribution is -0.117. The van der Waals surface area contributed by atoms with E-state index in [-0.39, 0.29) is 17.5 Å². The van der Waals surface area contributed by atoms with E-state index in [2.05, 4.69) is 10.6 Å².